The van der Waals surface area contributed by atoms with Crippen molar-refractivity contribution in [1.82, 2.24) is 10.2 Å². The predicted molar refractivity (Wildman–Crippen MR) is 73.2 cm³/mol. The molecule has 0 saturated heterocycles. The first-order chi connectivity index (χ1) is 9.08. The fourth-order valence-corrected chi connectivity index (χ4v) is 1.76. The van der Waals surface area contributed by atoms with Crippen LogP contribution in [0, 0.1) is 5.82 Å². The van der Waals surface area contributed by atoms with Gasteiger partial charge in [0.2, 0.25) is 0 Å². The number of hydrogen-bond acceptors (Lipinski definition) is 2. The zero-order valence-corrected chi connectivity index (χ0v) is 11.8. The summed E-state index contributed by atoms with van der Waals surface area (Å²) in [4.78, 5) is 13.3. The third kappa shape index (κ3) is 4.95. The summed E-state index contributed by atoms with van der Waals surface area (Å²) in [5.74, 6) is -0.00709. The van der Waals surface area contributed by atoms with Crippen LogP contribution in [-0.4, -0.2) is 37.2 Å². The van der Waals surface area contributed by atoms with Crippen LogP contribution in [0.25, 0.3) is 0 Å². The van der Waals surface area contributed by atoms with E-state index in [1.807, 2.05) is 13.8 Å². The van der Waals surface area contributed by atoms with Crippen molar-refractivity contribution in [3.8, 4) is 5.75 Å². The number of hydrogen-bond donors (Lipinski definition) is 1. The Hall–Kier alpha value is -1.49. The third-order valence-corrected chi connectivity index (χ3v) is 2.88. The predicted octanol–water partition coefficient (Wildman–Crippen LogP) is 2.91. The molecule has 0 bridgehead atoms. The molecule has 0 aliphatic rings. The van der Waals surface area contributed by atoms with Crippen LogP contribution in [0.5, 0.6) is 5.75 Å². The van der Waals surface area contributed by atoms with E-state index in [1.54, 1.807) is 4.90 Å². The molecule has 0 unspecified atom stereocenters. The van der Waals surface area contributed by atoms with Crippen LogP contribution >= 0.6 is 11.6 Å². The van der Waals surface area contributed by atoms with E-state index in [9.17, 15) is 9.18 Å². The second-order valence-electron chi connectivity index (χ2n) is 3.83. The first kappa shape index (κ1) is 15.6. The molecule has 0 aromatic heterocycles. The minimum Gasteiger partial charge on any atom is -0.490 e. The van der Waals surface area contributed by atoms with Gasteiger partial charge >= 0.3 is 6.03 Å². The van der Waals surface area contributed by atoms with Gasteiger partial charge in [-0.05, 0) is 32.0 Å². The Bertz CT molecular complexity index is 425. The number of amides is 2. The molecule has 1 rings (SSSR count). The van der Waals surface area contributed by atoms with Crippen molar-refractivity contribution in [1.29, 1.82) is 0 Å². The average Bonchev–Trinajstić information content (AvgIpc) is 2.38. The highest BCUT2D eigenvalue weighted by molar-refractivity contribution is 6.32. The van der Waals surface area contributed by atoms with Gasteiger partial charge in [0.25, 0.3) is 0 Å². The quantitative estimate of drug-likeness (QED) is 0.818. The smallest absolute Gasteiger partial charge is 0.317 e. The molecule has 106 valence electrons. The highest BCUT2D eigenvalue weighted by Crippen LogP contribution is 2.24. The van der Waals surface area contributed by atoms with Crippen LogP contribution in [0.1, 0.15) is 13.8 Å². The number of nitrogens with zero attached hydrogens (tertiary/aromatic N) is 1. The van der Waals surface area contributed by atoms with Crippen molar-refractivity contribution in [2.24, 2.45) is 0 Å². The topological polar surface area (TPSA) is 41.6 Å². The molecule has 0 aliphatic carbocycles. The van der Waals surface area contributed by atoms with E-state index >= 15 is 0 Å². The maximum Gasteiger partial charge on any atom is 0.317 e. The Morgan fingerprint density at radius 2 is 2.11 bits per heavy atom. The zero-order valence-electron chi connectivity index (χ0n) is 11.1. The average molecular weight is 289 g/mol. The van der Waals surface area contributed by atoms with E-state index in [1.165, 1.54) is 18.2 Å². The number of ether oxygens (including phenoxy) is 1. The van der Waals surface area contributed by atoms with E-state index in [4.69, 9.17) is 16.3 Å². The van der Waals surface area contributed by atoms with Crippen LogP contribution in [0.4, 0.5) is 9.18 Å². The molecule has 0 atom stereocenters. The van der Waals surface area contributed by atoms with Gasteiger partial charge in [0.1, 0.15) is 18.2 Å². The van der Waals surface area contributed by atoms with Crippen molar-refractivity contribution in [3.05, 3.63) is 29.0 Å². The zero-order chi connectivity index (χ0) is 14.3. The Morgan fingerprint density at radius 3 is 2.68 bits per heavy atom. The summed E-state index contributed by atoms with van der Waals surface area (Å²) < 4.78 is 18.2. The normalized spacial score (nSPS) is 10.1. The van der Waals surface area contributed by atoms with E-state index < -0.39 is 5.82 Å². The summed E-state index contributed by atoms with van der Waals surface area (Å²) in [5.41, 5.74) is 0. The van der Waals surface area contributed by atoms with Gasteiger partial charge in [-0.3, -0.25) is 0 Å². The molecular formula is C13H18ClFN2O2. The lowest BCUT2D eigenvalue weighted by Gasteiger charge is -2.19. The van der Waals surface area contributed by atoms with Crippen molar-refractivity contribution in [2.75, 3.05) is 26.2 Å². The van der Waals surface area contributed by atoms with Gasteiger partial charge in [-0.15, -0.1) is 0 Å². The number of benzene rings is 1. The van der Waals surface area contributed by atoms with Crippen LogP contribution in [-0.2, 0) is 0 Å². The van der Waals surface area contributed by atoms with Gasteiger partial charge < -0.3 is 15.0 Å². The molecule has 6 heteroatoms. The van der Waals surface area contributed by atoms with Gasteiger partial charge in [0.15, 0.2) is 0 Å². The van der Waals surface area contributed by atoms with Crippen LogP contribution in [0.15, 0.2) is 18.2 Å². The number of rotatable bonds is 6. The third-order valence-electron chi connectivity index (χ3n) is 2.58. The molecule has 4 nitrogen and oxygen atoms in total. The van der Waals surface area contributed by atoms with Crippen molar-refractivity contribution < 1.29 is 13.9 Å². The second kappa shape index (κ2) is 7.84. The number of urea groups is 1. The highest BCUT2D eigenvalue weighted by Gasteiger charge is 2.08. The maximum atomic E-state index is 12.8. The summed E-state index contributed by atoms with van der Waals surface area (Å²) in [6.45, 7) is 5.79. The van der Waals surface area contributed by atoms with E-state index in [2.05, 4.69) is 5.32 Å². The number of halogens is 2. The lowest BCUT2D eigenvalue weighted by Crippen LogP contribution is -2.41. The minimum atomic E-state index is -0.410. The molecule has 1 aromatic carbocycles. The fraction of sp³-hybridized carbons (Fsp3) is 0.462. The minimum absolute atomic E-state index is 0.126. The molecule has 0 saturated carbocycles. The molecule has 2 amide bonds. The Labute approximate surface area is 117 Å². The standard InChI is InChI=1S/C13H18ClFN2O2/c1-3-17(4-2)13(18)16-7-8-19-12-6-5-10(15)9-11(12)14/h5-6,9H,3-4,7-8H2,1-2H3,(H,16,18). The van der Waals surface area contributed by atoms with Crippen LogP contribution in [0.3, 0.4) is 0 Å². The molecule has 0 heterocycles. The Balaban J connectivity index is 2.33. The second-order valence-corrected chi connectivity index (χ2v) is 4.23. The number of carbonyl (C=O) groups is 1. The molecule has 1 aromatic rings. The first-order valence-corrected chi connectivity index (χ1v) is 6.56. The van der Waals surface area contributed by atoms with Crippen molar-refractivity contribution >= 4 is 17.6 Å². The van der Waals surface area contributed by atoms with E-state index in [-0.39, 0.29) is 17.7 Å². The van der Waals surface area contributed by atoms with E-state index in [0.717, 1.165) is 0 Å². The molecule has 1 N–H and O–H groups in total. The van der Waals surface area contributed by atoms with Crippen LogP contribution < -0.4 is 10.1 Å². The summed E-state index contributed by atoms with van der Waals surface area (Å²) in [5, 5.41) is 2.95. The summed E-state index contributed by atoms with van der Waals surface area (Å²) in [6.07, 6.45) is 0. The van der Waals surface area contributed by atoms with Gasteiger partial charge in [0, 0.05) is 13.1 Å². The van der Waals surface area contributed by atoms with Gasteiger partial charge in [0.05, 0.1) is 11.6 Å². The number of nitrogens with one attached hydrogen (secondary N) is 1. The Morgan fingerprint density at radius 1 is 1.42 bits per heavy atom. The summed E-state index contributed by atoms with van der Waals surface area (Å²) >= 11 is 5.81. The monoisotopic (exact) mass is 288 g/mol. The molecule has 0 radical (unpaired) electrons. The van der Waals surface area contributed by atoms with Crippen molar-refractivity contribution in [3.63, 3.8) is 0 Å². The van der Waals surface area contributed by atoms with Crippen molar-refractivity contribution in [2.45, 2.75) is 13.8 Å². The fourth-order valence-electron chi connectivity index (χ4n) is 1.53. The van der Waals surface area contributed by atoms with Gasteiger partial charge in [-0.2, -0.15) is 0 Å². The molecule has 0 spiro atoms. The summed E-state index contributed by atoms with van der Waals surface area (Å²) in [7, 11) is 0. The SMILES string of the molecule is CCN(CC)C(=O)NCCOc1ccc(F)cc1Cl. The number of carbonyl (C=O) groups excluding carboxylic acids is 1. The van der Waals surface area contributed by atoms with Crippen LogP contribution in [0.2, 0.25) is 5.02 Å². The Kier molecular flexibility index (Phi) is 6.42. The van der Waals surface area contributed by atoms with Gasteiger partial charge in [-0.25, -0.2) is 9.18 Å². The van der Waals surface area contributed by atoms with E-state index in [0.29, 0.717) is 25.4 Å². The highest BCUT2D eigenvalue weighted by atomic mass is 35.5. The molecular weight excluding hydrogens is 271 g/mol. The largest absolute Gasteiger partial charge is 0.490 e. The summed E-state index contributed by atoms with van der Waals surface area (Å²) in [6, 6.07) is 3.80. The van der Waals surface area contributed by atoms with Gasteiger partial charge in [-0.1, -0.05) is 11.6 Å². The maximum absolute atomic E-state index is 12.8. The molecule has 19 heavy (non-hydrogen) atoms. The molecule has 0 fully saturated rings. The lowest BCUT2D eigenvalue weighted by molar-refractivity contribution is 0.200. The molecule has 0 aliphatic heterocycles. The first-order valence-electron chi connectivity index (χ1n) is 6.19. The lowest BCUT2D eigenvalue weighted by atomic mass is 10.3.